The van der Waals surface area contributed by atoms with E-state index in [-0.39, 0.29) is 30.9 Å². The van der Waals surface area contributed by atoms with Gasteiger partial charge in [-0.15, -0.1) is 11.3 Å². The van der Waals surface area contributed by atoms with E-state index in [9.17, 15) is 24.2 Å². The standard InChI is InChI=1S/C36H34F2N6O7S/c1-24(33-42-32(19-52-33)27-6-2-25(17-39)3-7-27)36(20-44-22-40-21-41-44,30-11-10-29(37)16-31(30)38)51-35(48)50-23-49-34(47)28-8-4-26(5-9-28)18-43(12-14-45)13-15-46/h2-11,16,19,21-22,24,45-46H,12-15,18,20,23H2,1H3/t24-,36+/m0/s1. The number of aliphatic hydroxyl groups is 2. The van der Waals surface area contributed by atoms with Crippen LogP contribution in [0.25, 0.3) is 11.3 Å². The molecule has 2 aromatic heterocycles. The number of ether oxygens (including phenoxy) is 3. The van der Waals surface area contributed by atoms with Gasteiger partial charge in [0.1, 0.15) is 29.3 Å². The van der Waals surface area contributed by atoms with Crippen LogP contribution in [0.3, 0.4) is 0 Å². The molecule has 0 unspecified atom stereocenters. The molecule has 16 heteroatoms. The number of thiazole rings is 1. The number of benzene rings is 3. The van der Waals surface area contributed by atoms with E-state index in [1.54, 1.807) is 48.7 Å². The molecule has 5 aromatic rings. The molecule has 0 saturated carbocycles. The molecule has 0 spiro atoms. The zero-order chi connectivity index (χ0) is 37.1. The maximum absolute atomic E-state index is 15.7. The van der Waals surface area contributed by atoms with Gasteiger partial charge >= 0.3 is 12.1 Å². The number of rotatable bonds is 16. The van der Waals surface area contributed by atoms with E-state index in [0.29, 0.717) is 47.5 Å². The molecule has 0 aliphatic heterocycles. The number of aliphatic hydroxyl groups excluding tert-OH is 2. The van der Waals surface area contributed by atoms with Crippen LogP contribution >= 0.6 is 11.3 Å². The first-order chi connectivity index (χ1) is 25.1. The van der Waals surface area contributed by atoms with Crippen molar-refractivity contribution in [2.24, 2.45) is 0 Å². The third-order valence-corrected chi connectivity index (χ3v) is 9.24. The highest BCUT2D eigenvalue weighted by Gasteiger charge is 2.47. The van der Waals surface area contributed by atoms with Gasteiger partial charge in [0, 0.05) is 42.2 Å². The van der Waals surface area contributed by atoms with Crippen LogP contribution < -0.4 is 0 Å². The van der Waals surface area contributed by atoms with Crippen LogP contribution in [0.15, 0.2) is 84.8 Å². The summed E-state index contributed by atoms with van der Waals surface area (Å²) >= 11 is 1.22. The summed E-state index contributed by atoms with van der Waals surface area (Å²) in [6.45, 7) is 1.55. The lowest BCUT2D eigenvalue weighted by molar-refractivity contribution is -0.0881. The second-order valence-corrected chi connectivity index (χ2v) is 12.4. The summed E-state index contributed by atoms with van der Waals surface area (Å²) < 4.78 is 47.5. The minimum atomic E-state index is -1.94. The molecule has 0 saturated heterocycles. The highest BCUT2D eigenvalue weighted by molar-refractivity contribution is 7.10. The zero-order valence-electron chi connectivity index (χ0n) is 27.9. The smallest absolute Gasteiger partial charge is 0.424 e. The lowest BCUT2D eigenvalue weighted by Gasteiger charge is -2.37. The van der Waals surface area contributed by atoms with Crippen LogP contribution in [0.2, 0.25) is 0 Å². The van der Waals surface area contributed by atoms with E-state index in [2.05, 4.69) is 16.2 Å². The SMILES string of the molecule is C[C@@H](c1nc(-c2ccc(C#N)cc2)cs1)[C@@](Cn1cncn1)(OC(=O)OCOC(=O)c1ccc(CN(CCO)CCO)cc1)c1ccc(F)cc1F. The van der Waals surface area contributed by atoms with Gasteiger partial charge in [0.2, 0.25) is 6.79 Å². The van der Waals surface area contributed by atoms with Crippen LogP contribution in [0.1, 0.15) is 44.9 Å². The molecule has 270 valence electrons. The summed E-state index contributed by atoms with van der Waals surface area (Å²) in [7, 11) is 0. The quantitative estimate of drug-likeness (QED) is 0.103. The molecular weight excluding hydrogens is 698 g/mol. The molecule has 2 heterocycles. The van der Waals surface area contributed by atoms with Crippen molar-refractivity contribution in [2.75, 3.05) is 33.1 Å². The van der Waals surface area contributed by atoms with Crippen molar-refractivity contribution in [3.63, 3.8) is 0 Å². The Balaban J connectivity index is 1.36. The number of nitriles is 1. The lowest BCUT2D eigenvalue weighted by atomic mass is 9.81. The number of nitrogens with zero attached hydrogens (tertiary/aromatic N) is 6. The maximum atomic E-state index is 15.7. The fraction of sp³-hybridized carbons (Fsp3) is 0.278. The van der Waals surface area contributed by atoms with Crippen molar-refractivity contribution in [3.05, 3.63) is 124 Å². The molecule has 2 atom stereocenters. The Morgan fingerprint density at radius 1 is 1.04 bits per heavy atom. The van der Waals surface area contributed by atoms with E-state index < -0.39 is 42.1 Å². The number of carbonyl (C=O) groups excluding carboxylic acids is 2. The topological polar surface area (TPSA) is 173 Å². The normalized spacial score (nSPS) is 12.9. The molecule has 0 aliphatic carbocycles. The maximum Gasteiger partial charge on any atom is 0.512 e. The Morgan fingerprint density at radius 3 is 2.40 bits per heavy atom. The first-order valence-corrected chi connectivity index (χ1v) is 16.8. The second-order valence-electron chi connectivity index (χ2n) is 11.6. The van der Waals surface area contributed by atoms with Crippen LogP contribution in [0.4, 0.5) is 13.6 Å². The highest BCUT2D eigenvalue weighted by Crippen LogP contribution is 2.45. The predicted molar refractivity (Wildman–Crippen MR) is 182 cm³/mol. The fourth-order valence-electron chi connectivity index (χ4n) is 5.50. The first-order valence-electron chi connectivity index (χ1n) is 16.0. The van der Waals surface area contributed by atoms with E-state index >= 15 is 4.39 Å². The fourth-order valence-corrected chi connectivity index (χ4v) is 6.47. The molecule has 0 radical (unpaired) electrons. The van der Waals surface area contributed by atoms with E-state index in [0.717, 1.165) is 17.7 Å². The van der Waals surface area contributed by atoms with E-state index in [4.69, 9.17) is 24.5 Å². The van der Waals surface area contributed by atoms with Gasteiger partial charge in [-0.25, -0.2) is 33.0 Å². The molecule has 5 rings (SSSR count). The molecule has 0 aliphatic rings. The summed E-state index contributed by atoms with van der Waals surface area (Å²) in [5, 5.41) is 33.9. The van der Waals surface area contributed by atoms with Gasteiger partial charge < -0.3 is 24.4 Å². The summed E-state index contributed by atoms with van der Waals surface area (Å²) in [4.78, 5) is 36.7. The predicted octanol–water partition coefficient (Wildman–Crippen LogP) is 5.00. The number of carbonyl (C=O) groups is 2. The van der Waals surface area contributed by atoms with Gasteiger partial charge in [-0.3, -0.25) is 4.90 Å². The average Bonchev–Trinajstić information content (AvgIpc) is 3.85. The van der Waals surface area contributed by atoms with Crippen molar-refractivity contribution in [1.29, 1.82) is 5.26 Å². The first kappa shape index (κ1) is 37.7. The van der Waals surface area contributed by atoms with Crippen molar-refractivity contribution in [1.82, 2.24) is 24.6 Å². The Labute approximate surface area is 301 Å². The van der Waals surface area contributed by atoms with E-state index in [1.165, 1.54) is 40.8 Å². The monoisotopic (exact) mass is 732 g/mol. The second kappa shape index (κ2) is 17.6. The minimum Gasteiger partial charge on any atom is -0.424 e. The molecule has 3 aromatic carbocycles. The summed E-state index contributed by atoms with van der Waals surface area (Å²) in [5.41, 5.74) is 0.596. The molecule has 0 bridgehead atoms. The highest BCUT2D eigenvalue weighted by atomic mass is 32.1. The molecule has 0 fully saturated rings. The molecular formula is C36H34F2N6O7S. The lowest BCUT2D eigenvalue weighted by Crippen LogP contribution is -2.43. The summed E-state index contributed by atoms with van der Waals surface area (Å²) in [6.07, 6.45) is 1.26. The van der Waals surface area contributed by atoms with Gasteiger partial charge in [0.05, 0.1) is 48.6 Å². The molecule has 52 heavy (non-hydrogen) atoms. The Kier molecular flexibility index (Phi) is 12.7. The molecule has 2 N–H and O–H groups in total. The molecule has 13 nitrogen and oxygen atoms in total. The van der Waals surface area contributed by atoms with Crippen LogP contribution in [0, 0.1) is 23.0 Å². The largest absolute Gasteiger partial charge is 0.512 e. The van der Waals surface area contributed by atoms with Crippen molar-refractivity contribution < 1.29 is 42.8 Å². The third-order valence-electron chi connectivity index (χ3n) is 8.21. The van der Waals surface area contributed by atoms with Gasteiger partial charge in [-0.2, -0.15) is 10.4 Å². The third kappa shape index (κ3) is 9.19. The van der Waals surface area contributed by atoms with Gasteiger partial charge in [-0.05, 0) is 42.0 Å². The molecule has 0 amide bonds. The van der Waals surface area contributed by atoms with Crippen LogP contribution in [0.5, 0.6) is 0 Å². The number of hydrogen-bond donors (Lipinski definition) is 2. The van der Waals surface area contributed by atoms with E-state index in [1.807, 2.05) is 4.90 Å². The van der Waals surface area contributed by atoms with Gasteiger partial charge in [-0.1, -0.05) is 31.2 Å². The van der Waals surface area contributed by atoms with Crippen molar-refractivity contribution >= 4 is 23.5 Å². The Morgan fingerprint density at radius 2 is 1.77 bits per heavy atom. The van der Waals surface area contributed by atoms with Crippen molar-refractivity contribution in [2.45, 2.75) is 31.5 Å². The number of esters is 1. The number of hydrogen-bond acceptors (Lipinski definition) is 13. The number of halogens is 2. The average molecular weight is 733 g/mol. The Bertz CT molecular complexity index is 1980. The van der Waals surface area contributed by atoms with Crippen LogP contribution in [-0.4, -0.2) is 80.1 Å². The van der Waals surface area contributed by atoms with Gasteiger partial charge in [0.25, 0.3) is 0 Å². The summed E-state index contributed by atoms with van der Waals surface area (Å²) in [6, 6.07) is 18.1. The number of aromatic nitrogens is 4. The summed E-state index contributed by atoms with van der Waals surface area (Å²) in [5.74, 6) is -3.55. The zero-order valence-corrected chi connectivity index (χ0v) is 28.7. The van der Waals surface area contributed by atoms with Gasteiger partial charge in [0.15, 0.2) is 5.60 Å². The van der Waals surface area contributed by atoms with Crippen LogP contribution in [-0.2, 0) is 32.9 Å². The van der Waals surface area contributed by atoms with Crippen molar-refractivity contribution in [3.8, 4) is 17.3 Å². The minimum absolute atomic E-state index is 0.0715. The Hall–Kier alpha value is -5.60.